The van der Waals surface area contributed by atoms with Gasteiger partial charge in [-0.3, -0.25) is 15.8 Å². The van der Waals surface area contributed by atoms with Crippen molar-refractivity contribution in [2.75, 3.05) is 0 Å². The summed E-state index contributed by atoms with van der Waals surface area (Å²) in [7, 11) is 0. The van der Waals surface area contributed by atoms with Crippen LogP contribution in [0.15, 0.2) is 0 Å². The topological polar surface area (TPSA) is 95.5 Å². The fourth-order valence-electron chi connectivity index (χ4n) is 0.850. The van der Waals surface area contributed by atoms with Crippen molar-refractivity contribution in [3.05, 3.63) is 10.1 Å². The second-order valence-electron chi connectivity index (χ2n) is 4.05. The van der Waals surface area contributed by atoms with Gasteiger partial charge in [0.15, 0.2) is 6.23 Å². The van der Waals surface area contributed by atoms with E-state index in [0.717, 1.165) is 0 Å². The van der Waals surface area contributed by atoms with Crippen LogP contribution in [0, 0.1) is 10.1 Å². The number of nitrogens with two attached hydrogens (primary N) is 1. The SMILES string of the molecule is CC(C)(CCC(N)OC(=O)C(F)(F)F)[N+](=O)[O-]. The van der Waals surface area contributed by atoms with Gasteiger partial charge >= 0.3 is 12.1 Å². The highest BCUT2D eigenvalue weighted by Gasteiger charge is 2.42. The first-order valence-electron chi connectivity index (χ1n) is 4.64. The Kier molecular flexibility index (Phi) is 4.87. The lowest BCUT2D eigenvalue weighted by molar-refractivity contribution is -0.561. The highest BCUT2D eigenvalue weighted by atomic mass is 19.4. The second-order valence-corrected chi connectivity index (χ2v) is 4.05. The lowest BCUT2D eigenvalue weighted by atomic mass is 9.99. The van der Waals surface area contributed by atoms with Gasteiger partial charge in [-0.25, -0.2) is 4.79 Å². The van der Waals surface area contributed by atoms with Gasteiger partial charge in [0.05, 0.1) is 0 Å². The molecule has 0 radical (unpaired) electrons. The molecule has 0 aliphatic rings. The van der Waals surface area contributed by atoms with E-state index in [1.165, 1.54) is 13.8 Å². The van der Waals surface area contributed by atoms with E-state index >= 15 is 0 Å². The zero-order valence-electron chi connectivity index (χ0n) is 9.28. The van der Waals surface area contributed by atoms with Crippen molar-refractivity contribution in [3.8, 4) is 0 Å². The first-order chi connectivity index (χ1) is 7.47. The quantitative estimate of drug-likeness (QED) is 0.346. The predicted octanol–water partition coefficient (Wildman–Crippen LogP) is 1.21. The molecule has 0 bridgehead atoms. The van der Waals surface area contributed by atoms with Crippen LogP contribution in [0.2, 0.25) is 0 Å². The maximum absolute atomic E-state index is 11.8. The van der Waals surface area contributed by atoms with E-state index in [1.807, 2.05) is 0 Å². The molecule has 0 saturated carbocycles. The molecule has 2 N–H and O–H groups in total. The van der Waals surface area contributed by atoms with Gasteiger partial charge in [0.2, 0.25) is 5.54 Å². The maximum Gasteiger partial charge on any atom is 0.490 e. The highest BCUT2D eigenvalue weighted by Crippen LogP contribution is 2.20. The summed E-state index contributed by atoms with van der Waals surface area (Å²) < 4.78 is 39.2. The molecule has 17 heavy (non-hydrogen) atoms. The Hall–Kier alpha value is -1.38. The summed E-state index contributed by atoms with van der Waals surface area (Å²) in [5, 5.41) is 10.5. The Bertz CT molecular complexity index is 304. The van der Waals surface area contributed by atoms with Crippen LogP contribution in [0.25, 0.3) is 0 Å². The van der Waals surface area contributed by atoms with Gasteiger partial charge in [0.25, 0.3) is 0 Å². The first kappa shape index (κ1) is 15.6. The fourth-order valence-corrected chi connectivity index (χ4v) is 0.850. The number of nitro groups is 1. The van der Waals surface area contributed by atoms with E-state index in [9.17, 15) is 28.1 Å². The van der Waals surface area contributed by atoms with E-state index in [4.69, 9.17) is 5.73 Å². The Morgan fingerprint density at radius 1 is 1.47 bits per heavy atom. The van der Waals surface area contributed by atoms with Gasteiger partial charge in [-0.1, -0.05) is 0 Å². The lowest BCUT2D eigenvalue weighted by Crippen LogP contribution is -2.37. The molecule has 0 amide bonds. The molecule has 0 rings (SSSR count). The number of ether oxygens (including phenoxy) is 1. The van der Waals surface area contributed by atoms with E-state index < -0.39 is 28.8 Å². The minimum Gasteiger partial charge on any atom is -0.440 e. The van der Waals surface area contributed by atoms with Gasteiger partial charge in [-0.2, -0.15) is 13.2 Å². The minimum absolute atomic E-state index is 0.105. The second kappa shape index (κ2) is 5.30. The Balaban J connectivity index is 4.18. The first-order valence-corrected chi connectivity index (χ1v) is 4.64. The van der Waals surface area contributed by atoms with Gasteiger partial charge < -0.3 is 4.74 Å². The smallest absolute Gasteiger partial charge is 0.440 e. The maximum atomic E-state index is 11.8. The van der Waals surface area contributed by atoms with E-state index in [1.54, 1.807) is 0 Å². The number of rotatable bonds is 5. The van der Waals surface area contributed by atoms with Crippen molar-refractivity contribution in [1.29, 1.82) is 0 Å². The van der Waals surface area contributed by atoms with Crippen LogP contribution in [0.3, 0.4) is 0 Å². The number of carbonyl (C=O) groups is 1. The zero-order valence-corrected chi connectivity index (χ0v) is 9.28. The van der Waals surface area contributed by atoms with Crippen LogP contribution in [-0.2, 0) is 9.53 Å². The van der Waals surface area contributed by atoms with Gasteiger partial charge in [-0.15, -0.1) is 0 Å². The fraction of sp³-hybridized carbons (Fsp3) is 0.875. The molecule has 0 aliphatic carbocycles. The zero-order chi connectivity index (χ0) is 13.9. The number of esters is 1. The lowest BCUT2D eigenvalue weighted by Gasteiger charge is -2.18. The van der Waals surface area contributed by atoms with Crippen LogP contribution < -0.4 is 5.73 Å². The molecule has 1 atom stereocenters. The number of nitrogens with zero attached hydrogens (tertiary/aromatic N) is 1. The molecular weight excluding hydrogens is 245 g/mol. The summed E-state index contributed by atoms with van der Waals surface area (Å²) >= 11 is 0. The van der Waals surface area contributed by atoms with Gasteiger partial charge in [-0.05, 0) is 0 Å². The summed E-state index contributed by atoms with van der Waals surface area (Å²) in [6.07, 6.45) is -6.96. The molecule has 9 heteroatoms. The summed E-state index contributed by atoms with van der Waals surface area (Å²) in [6.45, 7) is 2.59. The van der Waals surface area contributed by atoms with Crippen molar-refractivity contribution in [3.63, 3.8) is 0 Å². The number of alkyl halides is 3. The molecule has 6 nitrogen and oxygen atoms in total. The normalized spacial score (nSPS) is 14.2. The largest absolute Gasteiger partial charge is 0.490 e. The molecule has 0 fully saturated rings. The molecule has 1 unspecified atom stereocenters. The van der Waals surface area contributed by atoms with Crippen LogP contribution in [0.4, 0.5) is 13.2 Å². The third kappa shape index (κ3) is 5.48. The standard InChI is InChI=1S/C8H13F3N2O4/c1-7(2,13(15)16)4-3-5(12)17-6(14)8(9,10)11/h5H,3-4,12H2,1-2H3. The number of carbonyl (C=O) groups excluding carboxylic acids is 1. The van der Waals surface area contributed by atoms with Crippen molar-refractivity contribution in [1.82, 2.24) is 0 Å². The summed E-state index contributed by atoms with van der Waals surface area (Å²) in [4.78, 5) is 20.3. The molecule has 0 aliphatic heterocycles. The van der Waals surface area contributed by atoms with Crippen molar-refractivity contribution in [2.24, 2.45) is 5.73 Å². The molecule has 0 spiro atoms. The Labute approximate surface area is 95.1 Å². The third-order valence-corrected chi connectivity index (χ3v) is 2.02. The van der Waals surface area contributed by atoms with Crippen LogP contribution in [-0.4, -0.2) is 28.8 Å². The average Bonchev–Trinajstić information content (AvgIpc) is 2.13. The summed E-state index contributed by atoms with van der Waals surface area (Å²) in [5.41, 5.74) is 3.78. The Morgan fingerprint density at radius 2 is 1.94 bits per heavy atom. The molecule has 0 aromatic carbocycles. The monoisotopic (exact) mass is 258 g/mol. The van der Waals surface area contributed by atoms with E-state index in [2.05, 4.69) is 4.74 Å². The third-order valence-electron chi connectivity index (χ3n) is 2.02. The minimum atomic E-state index is -5.11. The van der Waals surface area contributed by atoms with Crippen LogP contribution in [0.1, 0.15) is 26.7 Å². The van der Waals surface area contributed by atoms with Crippen LogP contribution in [0.5, 0.6) is 0 Å². The number of halogens is 3. The molecule has 0 aromatic heterocycles. The molecule has 0 aromatic rings. The molecule has 100 valence electrons. The summed E-state index contributed by atoms with van der Waals surface area (Å²) in [5.74, 6) is -2.40. The summed E-state index contributed by atoms with van der Waals surface area (Å²) in [6, 6.07) is 0. The van der Waals surface area contributed by atoms with Crippen molar-refractivity contribution >= 4 is 5.97 Å². The highest BCUT2D eigenvalue weighted by molar-refractivity contribution is 5.75. The molecular formula is C8H13F3N2O4. The number of hydrogen-bond acceptors (Lipinski definition) is 5. The average molecular weight is 258 g/mol. The molecule has 0 saturated heterocycles. The van der Waals surface area contributed by atoms with E-state index in [0.29, 0.717) is 0 Å². The van der Waals surface area contributed by atoms with Crippen molar-refractivity contribution < 1.29 is 27.6 Å². The van der Waals surface area contributed by atoms with Crippen LogP contribution >= 0.6 is 0 Å². The molecule has 0 heterocycles. The van der Waals surface area contributed by atoms with E-state index in [-0.39, 0.29) is 12.8 Å². The predicted molar refractivity (Wildman–Crippen MR) is 50.4 cm³/mol. The van der Waals surface area contributed by atoms with Gasteiger partial charge in [0, 0.05) is 31.6 Å². The Morgan fingerprint density at radius 3 is 2.29 bits per heavy atom. The van der Waals surface area contributed by atoms with Crippen molar-refractivity contribution in [2.45, 2.75) is 44.6 Å². The number of hydrogen-bond donors (Lipinski definition) is 1. The van der Waals surface area contributed by atoms with Gasteiger partial charge in [0.1, 0.15) is 0 Å².